The summed E-state index contributed by atoms with van der Waals surface area (Å²) in [5, 5.41) is 4.29. The molecule has 0 unspecified atom stereocenters. The SMILES string of the molecule is Cc1cccc(C)c1N/N=C/c1ccccc1Br. The quantitative estimate of drug-likeness (QED) is 0.654. The standard InChI is InChI=1S/C15H15BrN2/c1-11-6-5-7-12(2)15(11)18-17-10-13-8-3-4-9-14(13)16/h3-10,18H,1-2H3/b17-10+. The summed E-state index contributed by atoms with van der Waals surface area (Å²) in [4.78, 5) is 0. The van der Waals surface area contributed by atoms with Crippen LogP contribution in [0.5, 0.6) is 0 Å². The molecule has 2 aromatic rings. The molecule has 92 valence electrons. The molecule has 0 heterocycles. The molecule has 3 heteroatoms. The minimum Gasteiger partial charge on any atom is -0.278 e. The fraction of sp³-hybridized carbons (Fsp3) is 0.133. The number of hydrogen-bond donors (Lipinski definition) is 1. The van der Waals surface area contributed by atoms with Crippen molar-refractivity contribution < 1.29 is 0 Å². The first kappa shape index (κ1) is 12.8. The van der Waals surface area contributed by atoms with E-state index in [1.165, 1.54) is 11.1 Å². The van der Waals surface area contributed by atoms with Crippen LogP contribution in [0.15, 0.2) is 52.0 Å². The van der Waals surface area contributed by atoms with Crippen LogP contribution in [0.3, 0.4) is 0 Å². The maximum atomic E-state index is 4.29. The summed E-state index contributed by atoms with van der Waals surface area (Å²) in [6, 6.07) is 14.2. The van der Waals surface area contributed by atoms with Crippen LogP contribution in [-0.2, 0) is 0 Å². The Bertz CT molecular complexity index is 556. The largest absolute Gasteiger partial charge is 0.278 e. The van der Waals surface area contributed by atoms with E-state index in [9.17, 15) is 0 Å². The first-order valence-corrected chi connectivity index (χ1v) is 6.57. The summed E-state index contributed by atoms with van der Waals surface area (Å²) < 4.78 is 1.04. The van der Waals surface area contributed by atoms with Gasteiger partial charge in [0, 0.05) is 10.0 Å². The van der Waals surface area contributed by atoms with Gasteiger partial charge in [-0.15, -0.1) is 0 Å². The van der Waals surface area contributed by atoms with Crippen LogP contribution in [0.2, 0.25) is 0 Å². The van der Waals surface area contributed by atoms with Gasteiger partial charge < -0.3 is 0 Å². The Kier molecular flexibility index (Phi) is 4.15. The Morgan fingerprint density at radius 3 is 2.33 bits per heavy atom. The highest BCUT2D eigenvalue weighted by molar-refractivity contribution is 9.10. The number of nitrogens with zero attached hydrogens (tertiary/aromatic N) is 1. The molecule has 2 nitrogen and oxygen atoms in total. The Balaban J connectivity index is 2.15. The molecule has 0 aliphatic heterocycles. The van der Waals surface area contributed by atoms with Gasteiger partial charge in [0.05, 0.1) is 11.9 Å². The molecule has 0 amide bonds. The van der Waals surface area contributed by atoms with E-state index in [0.717, 1.165) is 15.7 Å². The van der Waals surface area contributed by atoms with Crippen LogP contribution in [0, 0.1) is 13.8 Å². The van der Waals surface area contributed by atoms with Crippen LogP contribution in [-0.4, -0.2) is 6.21 Å². The third-order valence-corrected chi connectivity index (χ3v) is 3.49. The summed E-state index contributed by atoms with van der Waals surface area (Å²) >= 11 is 3.49. The van der Waals surface area contributed by atoms with Crippen LogP contribution < -0.4 is 5.43 Å². The Hall–Kier alpha value is -1.61. The molecule has 2 aromatic carbocycles. The first-order valence-electron chi connectivity index (χ1n) is 5.78. The lowest BCUT2D eigenvalue weighted by Crippen LogP contribution is -1.96. The predicted octanol–water partition coefficient (Wildman–Crippen LogP) is 4.51. The van der Waals surface area contributed by atoms with Gasteiger partial charge in [-0.2, -0.15) is 5.10 Å². The molecule has 0 saturated carbocycles. The van der Waals surface area contributed by atoms with Crippen molar-refractivity contribution in [3.63, 3.8) is 0 Å². The smallest absolute Gasteiger partial charge is 0.0620 e. The molecule has 0 aliphatic carbocycles. The van der Waals surface area contributed by atoms with E-state index >= 15 is 0 Å². The molecular formula is C15H15BrN2. The zero-order valence-electron chi connectivity index (χ0n) is 10.4. The molecule has 18 heavy (non-hydrogen) atoms. The number of benzene rings is 2. The number of anilines is 1. The number of hydrazone groups is 1. The molecule has 0 atom stereocenters. The van der Waals surface area contributed by atoms with E-state index in [4.69, 9.17) is 0 Å². The van der Waals surface area contributed by atoms with Gasteiger partial charge in [-0.3, -0.25) is 5.43 Å². The van der Waals surface area contributed by atoms with E-state index in [2.05, 4.69) is 52.4 Å². The van der Waals surface area contributed by atoms with Crippen LogP contribution in [0.25, 0.3) is 0 Å². The van der Waals surface area contributed by atoms with Crippen molar-refractivity contribution in [3.8, 4) is 0 Å². The van der Waals surface area contributed by atoms with Crippen molar-refractivity contribution in [3.05, 3.63) is 63.6 Å². The monoisotopic (exact) mass is 302 g/mol. The summed E-state index contributed by atoms with van der Waals surface area (Å²) in [7, 11) is 0. The average Bonchev–Trinajstić information content (AvgIpc) is 2.35. The van der Waals surface area contributed by atoms with Gasteiger partial charge in [0.1, 0.15) is 0 Å². The van der Waals surface area contributed by atoms with Crippen LogP contribution in [0.1, 0.15) is 16.7 Å². The van der Waals surface area contributed by atoms with Gasteiger partial charge >= 0.3 is 0 Å². The highest BCUT2D eigenvalue weighted by atomic mass is 79.9. The highest BCUT2D eigenvalue weighted by Gasteiger charge is 1.99. The maximum absolute atomic E-state index is 4.29. The molecule has 2 rings (SSSR count). The fourth-order valence-electron chi connectivity index (χ4n) is 1.74. The Labute approximate surface area is 116 Å². The minimum atomic E-state index is 1.04. The number of para-hydroxylation sites is 1. The van der Waals surface area contributed by atoms with E-state index < -0.39 is 0 Å². The van der Waals surface area contributed by atoms with Crippen molar-refractivity contribution in [2.75, 3.05) is 5.43 Å². The van der Waals surface area contributed by atoms with E-state index in [-0.39, 0.29) is 0 Å². The highest BCUT2D eigenvalue weighted by Crippen LogP contribution is 2.19. The summed E-state index contributed by atoms with van der Waals surface area (Å²) in [6.45, 7) is 4.15. The lowest BCUT2D eigenvalue weighted by atomic mass is 10.1. The zero-order chi connectivity index (χ0) is 13.0. The number of aryl methyl sites for hydroxylation is 2. The molecular weight excluding hydrogens is 288 g/mol. The summed E-state index contributed by atoms with van der Waals surface area (Å²) in [5.41, 5.74) is 7.62. The summed E-state index contributed by atoms with van der Waals surface area (Å²) in [5.74, 6) is 0. The third kappa shape index (κ3) is 2.99. The molecule has 0 fully saturated rings. The van der Waals surface area contributed by atoms with Crippen LogP contribution in [0.4, 0.5) is 5.69 Å². The number of nitrogens with one attached hydrogen (secondary N) is 1. The van der Waals surface area contributed by atoms with Crippen LogP contribution >= 0.6 is 15.9 Å². The van der Waals surface area contributed by atoms with Gasteiger partial charge in [-0.25, -0.2) is 0 Å². The fourth-order valence-corrected chi connectivity index (χ4v) is 2.12. The first-order chi connectivity index (χ1) is 8.68. The maximum Gasteiger partial charge on any atom is 0.0620 e. The predicted molar refractivity (Wildman–Crippen MR) is 81.3 cm³/mol. The van der Waals surface area contributed by atoms with Crippen molar-refractivity contribution in [2.45, 2.75) is 13.8 Å². The van der Waals surface area contributed by atoms with Crippen molar-refractivity contribution >= 4 is 27.8 Å². The topological polar surface area (TPSA) is 24.4 Å². The molecule has 1 N–H and O–H groups in total. The molecule has 0 aromatic heterocycles. The molecule has 0 bridgehead atoms. The average molecular weight is 303 g/mol. The number of hydrogen-bond acceptors (Lipinski definition) is 2. The van der Waals surface area contributed by atoms with Crippen molar-refractivity contribution in [1.29, 1.82) is 0 Å². The van der Waals surface area contributed by atoms with Gasteiger partial charge in [0.25, 0.3) is 0 Å². The normalized spacial score (nSPS) is 10.8. The van der Waals surface area contributed by atoms with E-state index in [1.807, 2.05) is 36.5 Å². The zero-order valence-corrected chi connectivity index (χ0v) is 12.0. The number of rotatable bonds is 3. The second-order valence-corrected chi connectivity index (χ2v) is 5.01. The Morgan fingerprint density at radius 1 is 1.00 bits per heavy atom. The molecule has 0 aliphatic rings. The van der Waals surface area contributed by atoms with Crippen molar-refractivity contribution in [1.82, 2.24) is 0 Å². The van der Waals surface area contributed by atoms with Crippen molar-refractivity contribution in [2.24, 2.45) is 5.10 Å². The summed E-state index contributed by atoms with van der Waals surface area (Å²) in [6.07, 6.45) is 1.82. The van der Waals surface area contributed by atoms with Gasteiger partial charge in [-0.05, 0) is 31.0 Å². The Morgan fingerprint density at radius 2 is 1.67 bits per heavy atom. The lowest BCUT2D eigenvalue weighted by molar-refractivity contribution is 1.27. The van der Waals surface area contributed by atoms with E-state index in [0.29, 0.717) is 0 Å². The molecule has 0 saturated heterocycles. The minimum absolute atomic E-state index is 1.04. The second kappa shape index (κ2) is 5.83. The van der Waals surface area contributed by atoms with E-state index in [1.54, 1.807) is 0 Å². The van der Waals surface area contributed by atoms with Gasteiger partial charge in [-0.1, -0.05) is 52.3 Å². The second-order valence-electron chi connectivity index (χ2n) is 4.16. The molecule has 0 spiro atoms. The third-order valence-electron chi connectivity index (χ3n) is 2.77. The van der Waals surface area contributed by atoms with Gasteiger partial charge in [0.2, 0.25) is 0 Å². The number of halogens is 1. The van der Waals surface area contributed by atoms with Gasteiger partial charge in [0.15, 0.2) is 0 Å². The molecule has 0 radical (unpaired) electrons. The lowest BCUT2D eigenvalue weighted by Gasteiger charge is -2.08.